The molecule has 23 heavy (non-hydrogen) atoms. The minimum atomic E-state index is -0.475. The summed E-state index contributed by atoms with van der Waals surface area (Å²) in [7, 11) is 1.49. The van der Waals surface area contributed by atoms with E-state index in [1.54, 1.807) is 0 Å². The molecule has 0 radical (unpaired) electrons. The molecule has 1 aliphatic heterocycles. The van der Waals surface area contributed by atoms with Crippen LogP contribution < -0.4 is 16.0 Å². The van der Waals surface area contributed by atoms with Crippen LogP contribution in [0, 0.1) is 0 Å². The highest BCUT2D eigenvalue weighted by Gasteiger charge is 2.27. The second-order valence-electron chi connectivity index (χ2n) is 5.68. The molecule has 1 saturated heterocycles. The van der Waals surface area contributed by atoms with Crippen molar-refractivity contribution in [1.82, 2.24) is 15.5 Å². The number of benzene rings is 1. The van der Waals surface area contributed by atoms with Gasteiger partial charge in [-0.25, -0.2) is 4.79 Å². The van der Waals surface area contributed by atoms with Gasteiger partial charge in [-0.2, -0.15) is 0 Å². The van der Waals surface area contributed by atoms with Crippen molar-refractivity contribution >= 4 is 29.2 Å². The van der Waals surface area contributed by atoms with Crippen LogP contribution in [0.4, 0.5) is 10.5 Å². The Hall–Kier alpha value is -1.79. The number of para-hydroxylation sites is 1. The number of amides is 3. The van der Waals surface area contributed by atoms with Gasteiger partial charge in [0.1, 0.15) is 0 Å². The third-order valence-corrected chi connectivity index (χ3v) is 4.48. The van der Waals surface area contributed by atoms with Crippen molar-refractivity contribution in [1.29, 1.82) is 0 Å². The Morgan fingerprint density at radius 1 is 1.26 bits per heavy atom. The van der Waals surface area contributed by atoms with Gasteiger partial charge >= 0.3 is 6.03 Å². The van der Waals surface area contributed by atoms with E-state index in [2.05, 4.69) is 20.9 Å². The van der Waals surface area contributed by atoms with Gasteiger partial charge in [-0.1, -0.05) is 23.7 Å². The molecule has 3 N–H and O–H groups in total. The summed E-state index contributed by atoms with van der Waals surface area (Å²) in [6.07, 6.45) is 1.84. The molecule has 0 aliphatic carbocycles. The van der Waals surface area contributed by atoms with E-state index in [-0.39, 0.29) is 11.9 Å². The molecular weight excluding hydrogens is 316 g/mol. The number of halogens is 1. The molecule has 0 bridgehead atoms. The summed E-state index contributed by atoms with van der Waals surface area (Å²) in [6.45, 7) is 3.41. The van der Waals surface area contributed by atoms with Gasteiger partial charge in [0.2, 0.25) is 5.91 Å². The monoisotopic (exact) mass is 338 g/mol. The lowest BCUT2D eigenvalue weighted by Crippen LogP contribution is -2.52. The Labute approximate surface area is 141 Å². The fourth-order valence-electron chi connectivity index (χ4n) is 2.67. The van der Waals surface area contributed by atoms with Crippen LogP contribution in [0.3, 0.4) is 0 Å². The van der Waals surface area contributed by atoms with E-state index < -0.39 is 6.03 Å². The van der Waals surface area contributed by atoms with E-state index in [4.69, 9.17) is 11.6 Å². The first-order chi connectivity index (χ1) is 11.0. The average Bonchev–Trinajstić information content (AvgIpc) is 2.56. The van der Waals surface area contributed by atoms with Crippen LogP contribution >= 0.6 is 11.6 Å². The molecule has 6 nitrogen and oxygen atoms in total. The maximum atomic E-state index is 12.0. The van der Waals surface area contributed by atoms with E-state index in [1.807, 2.05) is 31.2 Å². The molecule has 1 heterocycles. The summed E-state index contributed by atoms with van der Waals surface area (Å²) in [4.78, 5) is 25.3. The highest BCUT2D eigenvalue weighted by molar-refractivity contribution is 6.33. The number of anilines is 1. The summed E-state index contributed by atoms with van der Waals surface area (Å²) in [5.74, 6) is -0.276. The van der Waals surface area contributed by atoms with E-state index in [0.717, 1.165) is 31.6 Å². The summed E-state index contributed by atoms with van der Waals surface area (Å²) in [5, 5.41) is 8.87. The zero-order valence-corrected chi connectivity index (χ0v) is 14.2. The van der Waals surface area contributed by atoms with E-state index in [1.165, 1.54) is 7.05 Å². The molecule has 0 unspecified atom stereocenters. The molecule has 1 aromatic rings. The molecule has 0 aromatic heterocycles. The van der Waals surface area contributed by atoms with Gasteiger partial charge in [0.15, 0.2) is 0 Å². The second kappa shape index (κ2) is 8.17. The third-order valence-electron chi connectivity index (χ3n) is 4.15. The van der Waals surface area contributed by atoms with Gasteiger partial charge in [-0.3, -0.25) is 15.0 Å². The normalized spacial score (nSPS) is 17.3. The Bertz CT molecular complexity index is 559. The molecule has 3 amide bonds. The molecule has 7 heteroatoms. The molecule has 0 saturated carbocycles. The molecule has 2 rings (SSSR count). The first-order valence-electron chi connectivity index (χ1n) is 7.79. The van der Waals surface area contributed by atoms with Crippen LogP contribution in [0.1, 0.15) is 19.8 Å². The molecule has 1 aliphatic rings. The minimum absolute atomic E-state index is 0.276. The fraction of sp³-hybridized carbons (Fsp3) is 0.500. The second-order valence-corrected chi connectivity index (χ2v) is 6.09. The van der Waals surface area contributed by atoms with E-state index >= 15 is 0 Å². The van der Waals surface area contributed by atoms with Crippen LogP contribution in [0.5, 0.6) is 0 Å². The first kappa shape index (κ1) is 17.6. The number of likely N-dealkylation sites (tertiary alicyclic amines) is 1. The average molecular weight is 339 g/mol. The van der Waals surface area contributed by atoms with Crippen LogP contribution in [0.25, 0.3) is 0 Å². The molecule has 1 aromatic carbocycles. The summed E-state index contributed by atoms with van der Waals surface area (Å²) in [5.41, 5.74) is 0.943. The lowest BCUT2D eigenvalue weighted by atomic mass is 10.0. The molecule has 1 fully saturated rings. The highest BCUT2D eigenvalue weighted by Crippen LogP contribution is 2.24. The highest BCUT2D eigenvalue weighted by atomic mass is 35.5. The number of carbonyl (C=O) groups excluding carboxylic acids is 2. The third kappa shape index (κ3) is 4.84. The SMILES string of the molecule is CNC(=O)NC(=O)[C@@H](C)N1CCC(Nc2ccccc2Cl)CC1. The number of nitrogens with one attached hydrogen (secondary N) is 3. The Balaban J connectivity index is 1.82. The van der Waals surface area contributed by atoms with Gasteiger partial charge in [0.05, 0.1) is 16.8 Å². The van der Waals surface area contributed by atoms with Gasteiger partial charge in [0.25, 0.3) is 0 Å². The van der Waals surface area contributed by atoms with E-state index in [9.17, 15) is 9.59 Å². The van der Waals surface area contributed by atoms with Crippen LogP contribution in [0.2, 0.25) is 5.02 Å². The van der Waals surface area contributed by atoms with Gasteiger partial charge in [0, 0.05) is 26.2 Å². The fourth-order valence-corrected chi connectivity index (χ4v) is 2.86. The Morgan fingerprint density at radius 2 is 1.91 bits per heavy atom. The zero-order valence-electron chi connectivity index (χ0n) is 13.4. The Morgan fingerprint density at radius 3 is 2.52 bits per heavy atom. The van der Waals surface area contributed by atoms with Crippen molar-refractivity contribution in [3.8, 4) is 0 Å². The largest absolute Gasteiger partial charge is 0.381 e. The minimum Gasteiger partial charge on any atom is -0.381 e. The number of rotatable bonds is 4. The molecule has 1 atom stereocenters. The van der Waals surface area contributed by atoms with Crippen LogP contribution in [0.15, 0.2) is 24.3 Å². The predicted octanol–water partition coefficient (Wildman–Crippen LogP) is 2.06. The summed E-state index contributed by atoms with van der Waals surface area (Å²) in [6, 6.07) is 7.22. The Kier molecular flexibility index (Phi) is 6.24. The van der Waals surface area contributed by atoms with Crippen molar-refractivity contribution < 1.29 is 9.59 Å². The van der Waals surface area contributed by atoms with Crippen LogP contribution in [-0.2, 0) is 4.79 Å². The number of hydrogen-bond acceptors (Lipinski definition) is 4. The van der Waals surface area contributed by atoms with Crippen molar-refractivity contribution in [2.45, 2.75) is 31.8 Å². The van der Waals surface area contributed by atoms with Crippen LogP contribution in [-0.4, -0.2) is 49.1 Å². The molecule has 126 valence electrons. The van der Waals surface area contributed by atoms with Crippen molar-refractivity contribution in [3.05, 3.63) is 29.3 Å². The number of imide groups is 1. The smallest absolute Gasteiger partial charge is 0.321 e. The standard InChI is InChI=1S/C16H23ClN4O2/c1-11(15(22)20-16(23)18-2)21-9-7-12(8-10-21)19-14-6-4-3-5-13(14)17/h3-6,11-12,19H,7-10H2,1-2H3,(H2,18,20,22,23)/t11-/m1/s1. The van der Waals surface area contributed by atoms with Crippen molar-refractivity contribution in [2.75, 3.05) is 25.5 Å². The topological polar surface area (TPSA) is 73.5 Å². The quantitative estimate of drug-likeness (QED) is 0.785. The van der Waals surface area contributed by atoms with Gasteiger partial charge in [-0.05, 0) is 31.9 Å². The van der Waals surface area contributed by atoms with Gasteiger partial charge < -0.3 is 10.6 Å². The van der Waals surface area contributed by atoms with Crippen molar-refractivity contribution in [3.63, 3.8) is 0 Å². The zero-order chi connectivity index (χ0) is 16.8. The number of carbonyl (C=O) groups is 2. The van der Waals surface area contributed by atoms with Crippen molar-refractivity contribution in [2.24, 2.45) is 0 Å². The number of hydrogen-bond donors (Lipinski definition) is 3. The lowest BCUT2D eigenvalue weighted by molar-refractivity contribution is -0.125. The summed E-state index contributed by atoms with van der Waals surface area (Å²) < 4.78 is 0. The maximum Gasteiger partial charge on any atom is 0.321 e. The number of piperidine rings is 1. The number of nitrogens with zero attached hydrogens (tertiary/aromatic N) is 1. The lowest BCUT2D eigenvalue weighted by Gasteiger charge is -2.35. The summed E-state index contributed by atoms with van der Waals surface area (Å²) >= 11 is 6.16. The molecule has 0 spiro atoms. The molecular formula is C16H23ClN4O2. The van der Waals surface area contributed by atoms with Gasteiger partial charge in [-0.15, -0.1) is 0 Å². The predicted molar refractivity (Wildman–Crippen MR) is 91.7 cm³/mol. The van der Waals surface area contributed by atoms with E-state index in [0.29, 0.717) is 11.1 Å². The first-order valence-corrected chi connectivity index (χ1v) is 8.16. The maximum absolute atomic E-state index is 12.0. The number of urea groups is 1.